The molecule has 1 unspecified atom stereocenters. The highest BCUT2D eigenvalue weighted by molar-refractivity contribution is 5.92. The lowest BCUT2D eigenvalue weighted by Gasteiger charge is -2.31. The van der Waals surface area contributed by atoms with Crippen molar-refractivity contribution in [3.05, 3.63) is 94.0 Å². The molecule has 4 rings (SSSR count). The molecular formula is C32H38N4O3. The van der Waals surface area contributed by atoms with Gasteiger partial charge in [-0.15, -0.1) is 0 Å². The number of carbonyl (C=O) groups is 1. The molecule has 2 amide bonds. The first-order valence-corrected chi connectivity index (χ1v) is 13.5. The summed E-state index contributed by atoms with van der Waals surface area (Å²) in [4.78, 5) is 34.4. The Kier molecular flexibility index (Phi) is 8.38. The van der Waals surface area contributed by atoms with Crippen molar-refractivity contribution in [2.24, 2.45) is 0 Å². The molecule has 0 saturated heterocycles. The molecule has 3 aromatic carbocycles. The average molecular weight is 527 g/mol. The fourth-order valence-electron chi connectivity index (χ4n) is 5.08. The van der Waals surface area contributed by atoms with Gasteiger partial charge in [-0.25, -0.2) is 9.78 Å². The van der Waals surface area contributed by atoms with E-state index in [1.165, 1.54) is 0 Å². The number of nitrogens with one attached hydrogen (secondary N) is 1. The molecule has 7 heteroatoms. The Labute approximate surface area is 230 Å². The van der Waals surface area contributed by atoms with Gasteiger partial charge in [0.15, 0.2) is 0 Å². The minimum absolute atomic E-state index is 0.212. The molecular weight excluding hydrogens is 488 g/mol. The third kappa shape index (κ3) is 5.39. The molecule has 0 saturated carbocycles. The summed E-state index contributed by atoms with van der Waals surface area (Å²) >= 11 is 0. The minimum atomic E-state index is -0.522. The van der Waals surface area contributed by atoms with E-state index >= 15 is 0 Å². The number of hydrogen-bond donors (Lipinski definition) is 1. The van der Waals surface area contributed by atoms with Gasteiger partial charge in [0, 0.05) is 12.2 Å². The van der Waals surface area contributed by atoms with Gasteiger partial charge >= 0.3 is 6.03 Å². The quantitative estimate of drug-likeness (QED) is 0.262. The predicted octanol–water partition coefficient (Wildman–Crippen LogP) is 7.26. The Bertz CT molecular complexity index is 1510. The number of rotatable bonds is 8. The molecule has 0 radical (unpaired) electrons. The minimum Gasteiger partial charge on any atom is -0.495 e. The zero-order chi connectivity index (χ0) is 28.3. The molecule has 204 valence electrons. The molecule has 1 heterocycles. The second-order valence-electron chi connectivity index (χ2n) is 10.3. The summed E-state index contributed by atoms with van der Waals surface area (Å²) in [5.41, 5.74) is 3.98. The number of hydrogen-bond acceptors (Lipinski definition) is 4. The number of ether oxygens (including phenoxy) is 1. The third-order valence-electron chi connectivity index (χ3n) is 7.18. The highest BCUT2D eigenvalue weighted by atomic mass is 16.5. The van der Waals surface area contributed by atoms with Crippen molar-refractivity contribution in [1.29, 1.82) is 0 Å². The number of aromatic nitrogens is 2. The lowest BCUT2D eigenvalue weighted by Crippen LogP contribution is -2.40. The molecule has 0 aliphatic carbocycles. The Morgan fingerprint density at radius 3 is 2.15 bits per heavy atom. The first kappa shape index (κ1) is 27.9. The summed E-state index contributed by atoms with van der Waals surface area (Å²) in [5.74, 6) is 1.49. The number of para-hydroxylation sites is 4. The lowest BCUT2D eigenvalue weighted by molar-refractivity contribution is 0.193. The smallest absolute Gasteiger partial charge is 0.322 e. The summed E-state index contributed by atoms with van der Waals surface area (Å²) in [6.07, 6.45) is 0. The number of anilines is 1. The molecule has 39 heavy (non-hydrogen) atoms. The van der Waals surface area contributed by atoms with Crippen molar-refractivity contribution in [3.63, 3.8) is 0 Å². The zero-order valence-electron chi connectivity index (χ0n) is 23.9. The van der Waals surface area contributed by atoms with Crippen molar-refractivity contribution in [2.45, 2.75) is 59.4 Å². The second-order valence-corrected chi connectivity index (χ2v) is 10.3. The van der Waals surface area contributed by atoms with Crippen LogP contribution in [0.1, 0.15) is 76.4 Å². The molecule has 7 nitrogen and oxygen atoms in total. The maximum atomic E-state index is 13.9. The summed E-state index contributed by atoms with van der Waals surface area (Å²) < 4.78 is 7.18. The van der Waals surface area contributed by atoms with Crippen LogP contribution in [0.15, 0.2) is 71.5 Å². The Balaban J connectivity index is 1.85. The third-order valence-corrected chi connectivity index (χ3v) is 7.18. The van der Waals surface area contributed by atoms with Crippen molar-refractivity contribution in [3.8, 4) is 11.4 Å². The van der Waals surface area contributed by atoms with E-state index in [9.17, 15) is 9.59 Å². The van der Waals surface area contributed by atoms with Crippen LogP contribution in [0.25, 0.3) is 16.6 Å². The first-order valence-electron chi connectivity index (χ1n) is 13.5. The van der Waals surface area contributed by atoms with E-state index in [4.69, 9.17) is 9.72 Å². The Morgan fingerprint density at radius 2 is 1.54 bits per heavy atom. The van der Waals surface area contributed by atoms with Crippen molar-refractivity contribution in [2.75, 3.05) is 19.0 Å². The van der Waals surface area contributed by atoms with Crippen LogP contribution in [0.2, 0.25) is 0 Å². The van der Waals surface area contributed by atoms with E-state index in [2.05, 4.69) is 45.1 Å². The van der Waals surface area contributed by atoms with Gasteiger partial charge in [-0.05, 0) is 61.1 Å². The van der Waals surface area contributed by atoms with E-state index < -0.39 is 6.04 Å². The van der Waals surface area contributed by atoms with Gasteiger partial charge in [-0.3, -0.25) is 9.36 Å². The van der Waals surface area contributed by atoms with Crippen molar-refractivity contribution < 1.29 is 9.53 Å². The van der Waals surface area contributed by atoms with E-state index in [0.717, 1.165) is 16.8 Å². The van der Waals surface area contributed by atoms with Crippen LogP contribution in [0.4, 0.5) is 10.5 Å². The molecule has 0 bridgehead atoms. The predicted molar refractivity (Wildman–Crippen MR) is 158 cm³/mol. The van der Waals surface area contributed by atoms with Gasteiger partial charge in [0.1, 0.15) is 11.6 Å². The standard InChI is InChI=1S/C32H38N4O3/c1-8-35(32(38)34-29-23(20(2)3)15-13-16-24(29)21(4)5)22(6)30-33-26-17-10-9-14-25(26)31(37)36(30)27-18-11-12-19-28(27)39-7/h9-22H,8H2,1-7H3,(H,34,38). The van der Waals surface area contributed by atoms with E-state index in [0.29, 0.717) is 34.7 Å². The maximum absolute atomic E-state index is 13.9. The number of carbonyl (C=O) groups excluding carboxylic acids is 1. The fraction of sp³-hybridized carbons (Fsp3) is 0.344. The number of urea groups is 1. The van der Waals surface area contributed by atoms with Crippen LogP contribution < -0.4 is 15.6 Å². The maximum Gasteiger partial charge on any atom is 0.322 e. The van der Waals surface area contributed by atoms with Crippen LogP contribution in [-0.4, -0.2) is 34.1 Å². The summed E-state index contributed by atoms with van der Waals surface area (Å²) in [7, 11) is 1.58. The number of fused-ring (bicyclic) bond motifs is 1. The molecule has 1 N–H and O–H groups in total. The summed E-state index contributed by atoms with van der Waals surface area (Å²) in [6, 6.07) is 20.0. The van der Waals surface area contributed by atoms with Crippen LogP contribution in [-0.2, 0) is 0 Å². The molecule has 0 fully saturated rings. The molecule has 0 spiro atoms. The van der Waals surface area contributed by atoms with Gasteiger partial charge in [0.2, 0.25) is 0 Å². The number of methoxy groups -OCH3 is 1. The fourth-order valence-corrected chi connectivity index (χ4v) is 5.08. The Hall–Kier alpha value is -4.13. The lowest BCUT2D eigenvalue weighted by atomic mass is 9.93. The monoisotopic (exact) mass is 526 g/mol. The van der Waals surface area contributed by atoms with Gasteiger partial charge in [-0.1, -0.05) is 70.2 Å². The molecule has 4 aromatic rings. The van der Waals surface area contributed by atoms with Gasteiger partial charge < -0.3 is 15.0 Å². The van der Waals surface area contributed by atoms with Crippen LogP contribution in [0.3, 0.4) is 0 Å². The molecule has 1 atom stereocenters. The van der Waals surface area contributed by atoms with Crippen LogP contribution >= 0.6 is 0 Å². The van der Waals surface area contributed by atoms with Gasteiger partial charge in [0.05, 0.1) is 29.7 Å². The number of benzene rings is 3. The van der Waals surface area contributed by atoms with Crippen LogP contribution in [0.5, 0.6) is 5.75 Å². The molecule has 0 aliphatic heterocycles. The largest absolute Gasteiger partial charge is 0.495 e. The SMILES string of the molecule is CCN(C(=O)Nc1c(C(C)C)cccc1C(C)C)C(C)c1nc2ccccc2c(=O)n1-c1ccccc1OC. The highest BCUT2D eigenvalue weighted by Gasteiger charge is 2.28. The first-order chi connectivity index (χ1) is 18.7. The normalized spacial score (nSPS) is 12.1. The highest BCUT2D eigenvalue weighted by Crippen LogP contribution is 2.34. The van der Waals surface area contributed by atoms with Gasteiger partial charge in [0.25, 0.3) is 5.56 Å². The topological polar surface area (TPSA) is 76.5 Å². The number of nitrogens with zero attached hydrogens (tertiary/aromatic N) is 3. The zero-order valence-corrected chi connectivity index (χ0v) is 23.9. The van der Waals surface area contributed by atoms with E-state index in [-0.39, 0.29) is 23.4 Å². The van der Waals surface area contributed by atoms with Crippen LogP contribution in [0, 0.1) is 0 Å². The van der Waals surface area contributed by atoms with E-state index in [1.807, 2.05) is 62.4 Å². The van der Waals surface area contributed by atoms with Gasteiger partial charge in [-0.2, -0.15) is 0 Å². The van der Waals surface area contributed by atoms with Crippen molar-refractivity contribution in [1.82, 2.24) is 14.5 Å². The molecule has 0 aliphatic rings. The Morgan fingerprint density at radius 1 is 0.923 bits per heavy atom. The average Bonchev–Trinajstić information content (AvgIpc) is 2.93. The van der Waals surface area contributed by atoms with Crippen molar-refractivity contribution >= 4 is 22.6 Å². The summed E-state index contributed by atoms with van der Waals surface area (Å²) in [5, 5.41) is 3.72. The molecule has 1 aromatic heterocycles. The summed E-state index contributed by atoms with van der Waals surface area (Å²) in [6.45, 7) is 12.8. The number of amides is 2. The van der Waals surface area contributed by atoms with E-state index in [1.54, 1.807) is 22.6 Å². The second kappa shape index (κ2) is 11.7.